The second kappa shape index (κ2) is 36.8. The Morgan fingerprint density at radius 1 is 0.611 bits per heavy atom. The van der Waals surface area contributed by atoms with Crippen LogP contribution in [0, 0.1) is 0 Å². The third-order valence-electron chi connectivity index (χ3n) is 12.5. The van der Waals surface area contributed by atoms with Gasteiger partial charge >= 0.3 is 0 Å². The number of piperidine rings is 2. The number of ether oxygens (including phenoxy) is 2. The average Bonchev–Trinajstić information content (AvgIpc) is 3.74. The van der Waals surface area contributed by atoms with Crippen molar-refractivity contribution in [3.63, 3.8) is 0 Å². The lowest BCUT2D eigenvalue weighted by Crippen LogP contribution is -2.42. The molecule has 21 heteroatoms. The molecule has 2 saturated heterocycles. The van der Waals surface area contributed by atoms with Crippen LogP contribution in [0.25, 0.3) is 0 Å². The lowest BCUT2D eigenvalue weighted by molar-refractivity contribution is 0.240. The highest BCUT2D eigenvalue weighted by Gasteiger charge is 2.24. The molecule has 4 fully saturated rings. The Balaban J connectivity index is 0.000000538. The molecule has 16 nitrogen and oxygen atoms in total. The third-order valence-corrected chi connectivity index (χ3v) is 14.3. The van der Waals surface area contributed by atoms with Crippen LogP contribution in [0.2, 0.25) is 15.9 Å². The molecule has 8 rings (SSSR count). The Bertz CT molecular complexity index is 2020. The van der Waals surface area contributed by atoms with E-state index in [2.05, 4.69) is 106 Å². The maximum absolute atomic E-state index is 5.73. The molecule has 0 bridgehead atoms. The highest BCUT2D eigenvalue weighted by Crippen LogP contribution is 2.30. The van der Waals surface area contributed by atoms with Gasteiger partial charge in [0, 0.05) is 42.6 Å². The van der Waals surface area contributed by atoms with Crippen LogP contribution in [0.15, 0.2) is 45.3 Å². The molecule has 0 radical (unpaired) electrons. The Morgan fingerprint density at radius 2 is 1.07 bits per heavy atom. The molecule has 2 saturated carbocycles. The van der Waals surface area contributed by atoms with Crippen LogP contribution in [0.3, 0.4) is 0 Å². The maximum atomic E-state index is 5.73. The monoisotopic (exact) mass is 1190 g/mol. The van der Waals surface area contributed by atoms with Crippen molar-refractivity contribution < 1.29 is 9.47 Å². The number of anilines is 5. The standard InChI is InChI=1S/C24H36BrN7O.C7H8BrNO.C7H16N2.C7H15N.C3Cl3N3.3CH4/c1-31-14-12-19(13-15-31)32(2)24-29-22(26-17-8-6-4-5-7-9-17)28-23(30-24)27-18-10-11-21(33-3)20(25)16-18;1-10-7-3-2-5(9)4-6(7)8;1-8-7-3-5-9(2)6-4-7;8-7-5-3-1-2-4-6-7;4-1-7-2(5)9-3(6)8-1;;;/h10-11,16-17,19H,4-9,12-15H2,1-3H3,(H2,26,27,28,29,30);2-4H,9H2,1H3;7-8H,3-6H2,1-2H3;7H,1-6,8H2;;3*1H4. The Labute approximate surface area is 464 Å². The largest absolute Gasteiger partial charge is 0.496 e. The summed E-state index contributed by atoms with van der Waals surface area (Å²) in [7, 11) is 11.8. The van der Waals surface area contributed by atoms with Crippen LogP contribution in [0.5, 0.6) is 11.5 Å². The minimum absolute atomic E-state index is 0. The van der Waals surface area contributed by atoms with Gasteiger partial charge in [0.05, 0.1) is 23.2 Å². The van der Waals surface area contributed by atoms with Crippen LogP contribution in [0.4, 0.5) is 29.2 Å². The van der Waals surface area contributed by atoms with Crippen molar-refractivity contribution in [2.75, 3.05) is 89.9 Å². The summed E-state index contributed by atoms with van der Waals surface area (Å²) in [5.74, 6) is 3.50. The van der Waals surface area contributed by atoms with Gasteiger partial charge in [-0.15, -0.1) is 0 Å². The molecule has 4 aliphatic rings. The Kier molecular flexibility index (Phi) is 34.2. The van der Waals surface area contributed by atoms with Gasteiger partial charge in [-0.3, -0.25) is 0 Å². The summed E-state index contributed by atoms with van der Waals surface area (Å²) in [6.07, 6.45) is 20.4. The molecule has 7 N–H and O–H groups in total. The summed E-state index contributed by atoms with van der Waals surface area (Å²) < 4.78 is 12.1. The Morgan fingerprint density at radius 3 is 1.54 bits per heavy atom. The number of nitrogen functional groups attached to an aromatic ring is 1. The molecule has 2 aliphatic carbocycles. The third kappa shape index (κ3) is 25.4. The summed E-state index contributed by atoms with van der Waals surface area (Å²) in [4.78, 5) is 31.8. The van der Waals surface area contributed by atoms with Crippen molar-refractivity contribution in [3.8, 4) is 11.5 Å². The van der Waals surface area contributed by atoms with Crippen LogP contribution in [0.1, 0.15) is 125 Å². The first-order valence-corrected chi connectivity index (χ1v) is 26.9. The zero-order valence-electron chi connectivity index (χ0n) is 41.3. The molecule has 72 heavy (non-hydrogen) atoms. The van der Waals surface area contributed by atoms with Crippen LogP contribution >= 0.6 is 66.7 Å². The van der Waals surface area contributed by atoms with Gasteiger partial charge in [-0.05, 0) is 202 Å². The van der Waals surface area contributed by atoms with E-state index in [0.29, 0.717) is 36.0 Å². The normalized spacial score (nSPS) is 16.9. The van der Waals surface area contributed by atoms with E-state index in [1.54, 1.807) is 26.4 Å². The number of nitrogens with two attached hydrogens (primary N) is 2. The van der Waals surface area contributed by atoms with Crippen molar-refractivity contribution >= 4 is 95.9 Å². The fourth-order valence-electron chi connectivity index (χ4n) is 8.26. The lowest BCUT2D eigenvalue weighted by atomic mass is 10.0. The first-order valence-electron chi connectivity index (χ1n) is 24.1. The lowest BCUT2D eigenvalue weighted by Gasteiger charge is -2.35. The van der Waals surface area contributed by atoms with E-state index in [9.17, 15) is 0 Å². The second-order valence-electron chi connectivity index (χ2n) is 17.9. The summed E-state index contributed by atoms with van der Waals surface area (Å²) in [5, 5.41) is 10.3. The fraction of sp³-hybridized carbons (Fsp3) is 0.647. The van der Waals surface area contributed by atoms with Gasteiger partial charge in [0.2, 0.25) is 33.7 Å². The zero-order chi connectivity index (χ0) is 50.1. The summed E-state index contributed by atoms with van der Waals surface area (Å²) >= 11 is 22.8. The van der Waals surface area contributed by atoms with Gasteiger partial charge in [0.15, 0.2) is 0 Å². The van der Waals surface area contributed by atoms with Gasteiger partial charge in [-0.1, -0.05) is 73.6 Å². The van der Waals surface area contributed by atoms with Crippen molar-refractivity contribution in [2.45, 2.75) is 149 Å². The van der Waals surface area contributed by atoms with Crippen LogP contribution in [-0.2, 0) is 0 Å². The van der Waals surface area contributed by atoms with E-state index >= 15 is 0 Å². The predicted molar refractivity (Wildman–Crippen MR) is 313 cm³/mol. The molecular weight excluding hydrogens is 1110 g/mol. The minimum Gasteiger partial charge on any atom is -0.496 e. The number of hydrogen-bond acceptors (Lipinski definition) is 16. The summed E-state index contributed by atoms with van der Waals surface area (Å²) in [6.45, 7) is 4.70. The molecule has 0 spiro atoms. The summed E-state index contributed by atoms with van der Waals surface area (Å²) in [5.41, 5.74) is 12.9. The van der Waals surface area contributed by atoms with E-state index in [-0.39, 0.29) is 38.1 Å². The number of methoxy groups -OCH3 is 2. The maximum Gasteiger partial charge on any atom is 0.233 e. The van der Waals surface area contributed by atoms with Gasteiger partial charge in [-0.2, -0.15) is 29.9 Å². The number of likely N-dealkylation sites (tertiary alicyclic amines) is 2. The molecule has 4 heterocycles. The van der Waals surface area contributed by atoms with Gasteiger partial charge in [0.25, 0.3) is 0 Å². The molecule has 4 aromatic rings. The molecule has 0 amide bonds. The van der Waals surface area contributed by atoms with Gasteiger partial charge < -0.3 is 51.6 Å². The number of rotatable bonds is 9. The summed E-state index contributed by atoms with van der Waals surface area (Å²) in [6, 6.07) is 13.4. The minimum atomic E-state index is 0. The predicted octanol–water partition coefficient (Wildman–Crippen LogP) is 12.8. The van der Waals surface area contributed by atoms with Crippen molar-refractivity contribution in [1.82, 2.24) is 45.0 Å². The van der Waals surface area contributed by atoms with E-state index in [4.69, 9.17) is 70.7 Å². The quantitative estimate of drug-likeness (QED) is 0.0784. The molecule has 2 aromatic heterocycles. The van der Waals surface area contributed by atoms with E-state index in [1.165, 1.54) is 103 Å². The molecular formula is C51H87Br2Cl3N14O2. The van der Waals surface area contributed by atoms with Crippen LogP contribution in [-0.4, -0.2) is 132 Å². The van der Waals surface area contributed by atoms with Crippen LogP contribution < -0.4 is 41.8 Å². The van der Waals surface area contributed by atoms with E-state index in [1.807, 2.05) is 24.3 Å². The number of benzene rings is 2. The SMILES string of the molecule is C.C.C.CNC1CCN(C)CC1.COc1ccc(N)cc1Br.COc1ccc(Nc2nc(NC3CCCCCC3)nc(N(C)C3CCN(C)CC3)n2)cc1Br.Clc1nc(Cl)nc(Cl)n1.NC1CCCCCC1. The zero-order valence-corrected chi connectivity index (χ0v) is 46.7. The smallest absolute Gasteiger partial charge is 0.233 e. The topological polar surface area (TPSA) is 194 Å². The van der Waals surface area contributed by atoms with Gasteiger partial charge in [0.1, 0.15) is 11.5 Å². The number of nitrogens with one attached hydrogen (secondary N) is 3. The molecule has 2 aliphatic heterocycles. The number of hydrogen-bond donors (Lipinski definition) is 5. The van der Waals surface area contributed by atoms with Gasteiger partial charge in [-0.25, -0.2) is 0 Å². The number of halogens is 5. The van der Waals surface area contributed by atoms with E-state index in [0.717, 1.165) is 63.8 Å². The molecule has 408 valence electrons. The highest BCUT2D eigenvalue weighted by atomic mass is 79.9. The number of nitrogens with zero attached hydrogens (tertiary/aromatic N) is 9. The Hall–Kier alpha value is -3.07. The second-order valence-corrected chi connectivity index (χ2v) is 20.6. The molecule has 0 unspecified atom stereocenters. The average molecular weight is 1190 g/mol. The molecule has 0 atom stereocenters. The van der Waals surface area contributed by atoms with Crippen molar-refractivity contribution in [2.24, 2.45) is 5.73 Å². The van der Waals surface area contributed by atoms with Crippen molar-refractivity contribution in [3.05, 3.63) is 61.2 Å². The number of aromatic nitrogens is 6. The van der Waals surface area contributed by atoms with E-state index < -0.39 is 0 Å². The first kappa shape index (κ1) is 66.9. The fourth-order valence-corrected chi connectivity index (χ4v) is 9.97. The first-order chi connectivity index (χ1) is 33.1. The highest BCUT2D eigenvalue weighted by molar-refractivity contribution is 9.11. The van der Waals surface area contributed by atoms with Crippen molar-refractivity contribution in [1.29, 1.82) is 0 Å². The molecule has 2 aromatic carbocycles.